The molecule has 3 aromatic rings. The Morgan fingerprint density at radius 1 is 1.17 bits per heavy atom. The number of carbonyl (C=O) groups excluding carboxylic acids is 1. The largest absolute Gasteiger partial charge is 0.507 e. The highest BCUT2D eigenvalue weighted by Gasteiger charge is 2.14. The van der Waals surface area contributed by atoms with Crippen molar-refractivity contribution in [3.8, 4) is 17.1 Å². The zero-order chi connectivity index (χ0) is 20.8. The molecule has 0 bridgehead atoms. The highest BCUT2D eigenvalue weighted by molar-refractivity contribution is 7.99. The van der Waals surface area contributed by atoms with Crippen molar-refractivity contribution in [2.75, 3.05) is 5.75 Å². The lowest BCUT2D eigenvalue weighted by Crippen LogP contribution is -2.21. The predicted molar refractivity (Wildman–Crippen MR) is 115 cm³/mol. The first-order valence-electron chi connectivity index (χ1n) is 9.24. The molecule has 150 valence electrons. The summed E-state index contributed by atoms with van der Waals surface area (Å²) < 4.78 is 1.99. The van der Waals surface area contributed by atoms with E-state index in [1.54, 1.807) is 31.2 Å². The molecule has 1 heterocycles. The third-order valence-electron chi connectivity index (χ3n) is 4.32. The molecule has 1 amide bonds. The summed E-state index contributed by atoms with van der Waals surface area (Å²) >= 11 is 1.31. The molecule has 0 aliphatic carbocycles. The molecule has 2 aromatic carbocycles. The van der Waals surface area contributed by atoms with Crippen LogP contribution in [0.3, 0.4) is 0 Å². The number of aromatic hydroxyl groups is 1. The molecule has 0 aliphatic rings. The van der Waals surface area contributed by atoms with E-state index in [2.05, 4.69) is 20.7 Å². The van der Waals surface area contributed by atoms with Crippen LogP contribution in [-0.2, 0) is 11.3 Å². The van der Waals surface area contributed by atoms with Crippen LogP contribution in [0.1, 0.15) is 25.0 Å². The van der Waals surface area contributed by atoms with Crippen molar-refractivity contribution < 1.29 is 9.90 Å². The van der Waals surface area contributed by atoms with E-state index in [0.29, 0.717) is 23.0 Å². The van der Waals surface area contributed by atoms with Crippen LogP contribution < -0.4 is 5.43 Å². The monoisotopic (exact) mass is 409 g/mol. The molecule has 0 unspecified atom stereocenters. The second-order valence-electron chi connectivity index (χ2n) is 6.45. The third-order valence-corrected chi connectivity index (χ3v) is 5.28. The smallest absolute Gasteiger partial charge is 0.250 e. The fourth-order valence-corrected chi connectivity index (χ4v) is 3.54. The summed E-state index contributed by atoms with van der Waals surface area (Å²) in [6.45, 7) is 6.48. The van der Waals surface area contributed by atoms with Crippen LogP contribution in [0.2, 0.25) is 0 Å². The number of benzene rings is 2. The number of hydrogen-bond donors (Lipinski definition) is 2. The first-order chi connectivity index (χ1) is 14.0. The first-order valence-corrected chi connectivity index (χ1v) is 10.2. The van der Waals surface area contributed by atoms with Gasteiger partial charge in [0.1, 0.15) is 5.75 Å². The maximum atomic E-state index is 12.2. The second-order valence-corrected chi connectivity index (χ2v) is 7.40. The van der Waals surface area contributed by atoms with E-state index in [-0.39, 0.29) is 17.4 Å². The quantitative estimate of drug-likeness (QED) is 0.353. The minimum absolute atomic E-state index is 0.122. The first kappa shape index (κ1) is 20.6. The van der Waals surface area contributed by atoms with Crippen LogP contribution in [0.25, 0.3) is 11.4 Å². The van der Waals surface area contributed by atoms with Crippen LogP contribution >= 0.6 is 11.8 Å². The van der Waals surface area contributed by atoms with Crippen LogP contribution in [0.15, 0.2) is 58.8 Å². The normalized spacial score (nSPS) is 11.5. The third kappa shape index (κ3) is 5.03. The summed E-state index contributed by atoms with van der Waals surface area (Å²) in [6, 6.07) is 15.0. The van der Waals surface area contributed by atoms with Crippen molar-refractivity contribution in [3.05, 3.63) is 59.7 Å². The lowest BCUT2D eigenvalue weighted by atomic mass is 10.1. The molecule has 7 nitrogen and oxygen atoms in total. The van der Waals surface area contributed by atoms with E-state index < -0.39 is 0 Å². The molecule has 3 rings (SSSR count). The van der Waals surface area contributed by atoms with Crippen molar-refractivity contribution >= 4 is 23.4 Å². The Kier molecular flexibility index (Phi) is 6.66. The number of phenols is 1. The van der Waals surface area contributed by atoms with E-state index in [1.807, 2.05) is 42.7 Å². The number of hydrazone groups is 1. The van der Waals surface area contributed by atoms with Gasteiger partial charge in [0.05, 0.1) is 11.5 Å². The summed E-state index contributed by atoms with van der Waals surface area (Å²) in [7, 11) is 0. The van der Waals surface area contributed by atoms with Gasteiger partial charge >= 0.3 is 0 Å². The number of rotatable bonds is 7. The van der Waals surface area contributed by atoms with Crippen molar-refractivity contribution in [2.45, 2.75) is 32.5 Å². The number of amides is 1. The zero-order valence-electron chi connectivity index (χ0n) is 16.6. The Balaban J connectivity index is 1.64. The molecule has 2 N–H and O–H groups in total. The number of nitrogens with one attached hydrogen (secondary N) is 1. The van der Waals surface area contributed by atoms with Gasteiger partial charge in [0.2, 0.25) is 0 Å². The van der Waals surface area contributed by atoms with E-state index >= 15 is 0 Å². The van der Waals surface area contributed by atoms with Crippen molar-refractivity contribution in [1.82, 2.24) is 20.2 Å². The van der Waals surface area contributed by atoms with Crippen LogP contribution in [0.5, 0.6) is 5.75 Å². The Morgan fingerprint density at radius 2 is 1.90 bits per heavy atom. The van der Waals surface area contributed by atoms with Crippen LogP contribution in [0, 0.1) is 6.92 Å². The standard InChI is InChI=1S/C21H23N5O2S/c1-4-26-20(16-11-9-14(2)10-12-16)24-25-21(26)29-13-19(28)23-22-15(3)17-7-5-6-8-18(17)27/h5-12,27H,4,13H2,1-3H3,(H,23,28)/b22-15+. The van der Waals surface area contributed by atoms with Crippen molar-refractivity contribution in [3.63, 3.8) is 0 Å². The lowest BCUT2D eigenvalue weighted by molar-refractivity contribution is -0.118. The highest BCUT2D eigenvalue weighted by atomic mass is 32.2. The fourth-order valence-electron chi connectivity index (χ4n) is 2.75. The minimum Gasteiger partial charge on any atom is -0.507 e. The molecule has 29 heavy (non-hydrogen) atoms. The van der Waals surface area contributed by atoms with Crippen molar-refractivity contribution in [1.29, 1.82) is 0 Å². The van der Waals surface area contributed by atoms with E-state index in [4.69, 9.17) is 0 Å². The Morgan fingerprint density at radius 3 is 2.59 bits per heavy atom. The number of para-hydroxylation sites is 1. The number of nitrogens with zero attached hydrogens (tertiary/aromatic N) is 4. The average molecular weight is 410 g/mol. The van der Waals surface area contributed by atoms with Gasteiger partial charge in [0.25, 0.3) is 5.91 Å². The number of hydrogen-bond acceptors (Lipinski definition) is 6. The van der Waals surface area contributed by atoms with E-state index in [1.165, 1.54) is 17.3 Å². The molecule has 1 aromatic heterocycles. The van der Waals surface area contributed by atoms with Gasteiger partial charge in [0.15, 0.2) is 11.0 Å². The van der Waals surface area contributed by atoms with Crippen LogP contribution in [0.4, 0.5) is 0 Å². The lowest BCUT2D eigenvalue weighted by Gasteiger charge is -2.07. The van der Waals surface area contributed by atoms with Gasteiger partial charge < -0.3 is 9.67 Å². The maximum Gasteiger partial charge on any atom is 0.250 e. The molecular formula is C21H23N5O2S. The molecule has 0 spiro atoms. The van der Waals surface area contributed by atoms with Gasteiger partial charge in [-0.05, 0) is 32.9 Å². The molecule has 8 heteroatoms. The summed E-state index contributed by atoms with van der Waals surface area (Å²) in [5, 5.41) is 23.1. The average Bonchev–Trinajstić information content (AvgIpc) is 3.14. The van der Waals surface area contributed by atoms with E-state index in [9.17, 15) is 9.90 Å². The Labute approximate surface area is 173 Å². The van der Waals surface area contributed by atoms with Crippen molar-refractivity contribution in [2.24, 2.45) is 5.10 Å². The van der Waals surface area contributed by atoms with Gasteiger partial charge in [-0.15, -0.1) is 10.2 Å². The molecule has 0 saturated carbocycles. The Bertz CT molecular complexity index is 1030. The minimum atomic E-state index is -0.257. The Hall–Kier alpha value is -3.13. The summed E-state index contributed by atoms with van der Waals surface area (Å²) in [4.78, 5) is 12.2. The second kappa shape index (κ2) is 9.38. The number of thioether (sulfide) groups is 1. The zero-order valence-corrected chi connectivity index (χ0v) is 17.4. The van der Waals surface area contributed by atoms with E-state index in [0.717, 1.165) is 11.4 Å². The van der Waals surface area contributed by atoms with Crippen LogP contribution in [-0.4, -0.2) is 37.2 Å². The molecular weight excluding hydrogens is 386 g/mol. The molecule has 0 atom stereocenters. The number of carbonyl (C=O) groups is 1. The molecule has 0 aliphatic heterocycles. The fraction of sp³-hybridized carbons (Fsp3) is 0.238. The van der Waals surface area contributed by atoms with Gasteiger partial charge in [-0.3, -0.25) is 4.79 Å². The summed E-state index contributed by atoms with van der Waals surface area (Å²) in [5.41, 5.74) is 5.80. The number of phenolic OH excluding ortho intramolecular Hbond substituents is 1. The topological polar surface area (TPSA) is 92.4 Å². The number of aromatic nitrogens is 3. The van der Waals surface area contributed by atoms with Gasteiger partial charge in [-0.25, -0.2) is 5.43 Å². The molecule has 0 radical (unpaired) electrons. The predicted octanol–water partition coefficient (Wildman–Crippen LogP) is 3.61. The van der Waals surface area contributed by atoms with Gasteiger partial charge in [-0.1, -0.05) is 53.7 Å². The van der Waals surface area contributed by atoms with Gasteiger partial charge in [-0.2, -0.15) is 5.10 Å². The highest BCUT2D eigenvalue weighted by Crippen LogP contribution is 2.24. The summed E-state index contributed by atoms with van der Waals surface area (Å²) in [6.07, 6.45) is 0. The SMILES string of the molecule is CCn1c(SCC(=O)N/N=C(\C)c2ccccc2O)nnc1-c1ccc(C)cc1. The number of aryl methyl sites for hydroxylation is 1. The maximum absolute atomic E-state index is 12.2. The summed E-state index contributed by atoms with van der Waals surface area (Å²) in [5.74, 6) is 0.803. The molecule has 0 saturated heterocycles. The molecule has 0 fully saturated rings. The van der Waals surface area contributed by atoms with Gasteiger partial charge in [0, 0.05) is 17.7 Å².